The number of anilines is 1. The van der Waals surface area contributed by atoms with Crippen LogP contribution in [-0.2, 0) is 6.54 Å². The molecule has 3 heterocycles. The fourth-order valence-electron chi connectivity index (χ4n) is 5.25. The van der Waals surface area contributed by atoms with Crippen molar-refractivity contribution in [2.24, 2.45) is 5.92 Å². The first kappa shape index (κ1) is 26.8. The molecule has 4 aromatic rings. The Bertz CT molecular complexity index is 1530. The van der Waals surface area contributed by atoms with Gasteiger partial charge in [-0.15, -0.1) is 0 Å². The molecule has 39 heavy (non-hydrogen) atoms. The first-order valence-corrected chi connectivity index (χ1v) is 13.4. The first-order valence-electron chi connectivity index (χ1n) is 13.0. The molecule has 0 aliphatic heterocycles. The number of alkyl halides is 2. The van der Waals surface area contributed by atoms with Gasteiger partial charge in [-0.05, 0) is 68.9 Å². The summed E-state index contributed by atoms with van der Waals surface area (Å²) in [4.78, 5) is 34.4. The van der Waals surface area contributed by atoms with Crippen molar-refractivity contribution in [3.63, 3.8) is 0 Å². The van der Waals surface area contributed by atoms with Crippen LogP contribution in [-0.4, -0.2) is 37.6 Å². The molecule has 5 rings (SSSR count). The van der Waals surface area contributed by atoms with Gasteiger partial charge in [0, 0.05) is 25.3 Å². The molecule has 8 nitrogen and oxygen atoms in total. The molecule has 1 aliphatic rings. The number of para-hydroxylation sites is 2. The van der Waals surface area contributed by atoms with Gasteiger partial charge in [0.25, 0.3) is 12.3 Å². The maximum absolute atomic E-state index is 13.6. The largest absolute Gasteiger partial charge is 0.370 e. The third kappa shape index (κ3) is 5.66. The van der Waals surface area contributed by atoms with Crippen LogP contribution in [0, 0.1) is 5.92 Å². The molecule has 1 aromatic carbocycles. The van der Waals surface area contributed by atoms with E-state index >= 15 is 0 Å². The highest BCUT2D eigenvalue weighted by molar-refractivity contribution is 6.30. The highest BCUT2D eigenvalue weighted by Gasteiger charge is 2.27. The highest BCUT2D eigenvalue weighted by Crippen LogP contribution is 2.29. The van der Waals surface area contributed by atoms with Crippen molar-refractivity contribution in [1.82, 2.24) is 24.4 Å². The molecular formula is C28H29ClF2N6O2. The zero-order valence-corrected chi connectivity index (χ0v) is 22.2. The van der Waals surface area contributed by atoms with Crippen molar-refractivity contribution in [2.45, 2.75) is 51.6 Å². The van der Waals surface area contributed by atoms with Crippen molar-refractivity contribution < 1.29 is 13.6 Å². The number of nitrogens with zero attached hydrogens (tertiary/aromatic N) is 4. The van der Waals surface area contributed by atoms with Gasteiger partial charge in [-0.1, -0.05) is 23.7 Å². The molecule has 1 aliphatic carbocycles. The molecule has 11 heteroatoms. The Hall–Kier alpha value is -3.79. The normalized spacial score (nSPS) is 17.5. The SMILES string of the molecule is CCNc1ccc(-n2c(=O)n(C[C@H]3CC[C@H](NC(=O)c4cc(Cl)cnc4C(F)F)CC3)c3ccccc32)cn1. The van der Waals surface area contributed by atoms with Crippen LogP contribution in [0.1, 0.15) is 55.1 Å². The lowest BCUT2D eigenvalue weighted by atomic mass is 9.85. The Labute approximate surface area is 229 Å². The third-order valence-electron chi connectivity index (χ3n) is 7.16. The summed E-state index contributed by atoms with van der Waals surface area (Å²) in [6.07, 6.45) is 2.85. The average molecular weight is 555 g/mol. The molecule has 1 amide bonds. The minimum absolute atomic E-state index is 0.127. The van der Waals surface area contributed by atoms with Crippen molar-refractivity contribution in [1.29, 1.82) is 0 Å². The predicted molar refractivity (Wildman–Crippen MR) is 147 cm³/mol. The van der Waals surface area contributed by atoms with E-state index in [0.29, 0.717) is 25.1 Å². The number of benzene rings is 1. The summed E-state index contributed by atoms with van der Waals surface area (Å²) >= 11 is 5.90. The molecule has 0 saturated heterocycles. The number of pyridine rings is 2. The zero-order valence-electron chi connectivity index (χ0n) is 21.4. The average Bonchev–Trinajstić information content (AvgIpc) is 3.21. The number of imidazole rings is 1. The van der Waals surface area contributed by atoms with E-state index in [-0.39, 0.29) is 28.2 Å². The van der Waals surface area contributed by atoms with E-state index in [1.165, 1.54) is 6.07 Å². The lowest BCUT2D eigenvalue weighted by Crippen LogP contribution is -2.39. The maximum Gasteiger partial charge on any atom is 0.333 e. The van der Waals surface area contributed by atoms with Crippen LogP contribution < -0.4 is 16.3 Å². The predicted octanol–water partition coefficient (Wildman–Crippen LogP) is 5.59. The number of carbonyl (C=O) groups excluding carboxylic acids is 1. The van der Waals surface area contributed by atoms with Crippen LogP contribution in [0.3, 0.4) is 0 Å². The second-order valence-electron chi connectivity index (χ2n) is 9.73. The molecule has 1 fully saturated rings. The summed E-state index contributed by atoms with van der Waals surface area (Å²) in [6.45, 7) is 3.30. The summed E-state index contributed by atoms with van der Waals surface area (Å²) in [7, 11) is 0. The number of fused-ring (bicyclic) bond motifs is 1. The highest BCUT2D eigenvalue weighted by atomic mass is 35.5. The van der Waals surface area contributed by atoms with Crippen LogP contribution in [0.5, 0.6) is 0 Å². The summed E-state index contributed by atoms with van der Waals surface area (Å²) in [5.74, 6) is 0.379. The number of hydrogen-bond acceptors (Lipinski definition) is 5. The van der Waals surface area contributed by atoms with E-state index in [1.807, 2.05) is 47.9 Å². The van der Waals surface area contributed by atoms with Crippen molar-refractivity contribution in [2.75, 3.05) is 11.9 Å². The van der Waals surface area contributed by atoms with Gasteiger partial charge in [-0.3, -0.25) is 18.9 Å². The lowest BCUT2D eigenvalue weighted by Gasteiger charge is -2.29. The minimum atomic E-state index is -2.87. The molecule has 1 saturated carbocycles. The molecular weight excluding hydrogens is 526 g/mol. The van der Waals surface area contributed by atoms with Gasteiger partial charge in [0.15, 0.2) is 0 Å². The monoisotopic (exact) mass is 554 g/mol. The van der Waals surface area contributed by atoms with E-state index in [9.17, 15) is 18.4 Å². The Morgan fingerprint density at radius 2 is 1.82 bits per heavy atom. The fourth-order valence-corrected chi connectivity index (χ4v) is 5.41. The van der Waals surface area contributed by atoms with E-state index in [2.05, 4.69) is 20.6 Å². The minimum Gasteiger partial charge on any atom is -0.370 e. The van der Waals surface area contributed by atoms with Gasteiger partial charge >= 0.3 is 5.69 Å². The maximum atomic E-state index is 13.6. The fraction of sp³-hybridized carbons (Fsp3) is 0.357. The Morgan fingerprint density at radius 3 is 2.49 bits per heavy atom. The van der Waals surface area contributed by atoms with Gasteiger partial charge < -0.3 is 10.6 Å². The van der Waals surface area contributed by atoms with Crippen molar-refractivity contribution >= 4 is 34.4 Å². The van der Waals surface area contributed by atoms with Crippen molar-refractivity contribution in [3.05, 3.63) is 81.6 Å². The summed E-state index contributed by atoms with van der Waals surface area (Å²) in [5.41, 5.74) is 1.45. The standard InChI is InChI=1S/C28H29ClF2N6O2/c1-2-32-24-12-11-20(15-33-24)37-23-6-4-3-5-22(23)36(28(37)39)16-17-7-9-19(10-8-17)35-27(38)21-13-18(29)14-34-25(21)26(30)31/h3-6,11-15,17,19,26H,2,7-10,16H2,1H3,(H,32,33)(H,35,38)/t17-,19-. The third-order valence-corrected chi connectivity index (χ3v) is 7.37. The van der Waals surface area contributed by atoms with Gasteiger partial charge in [0.1, 0.15) is 11.5 Å². The molecule has 2 N–H and O–H groups in total. The van der Waals surface area contributed by atoms with Gasteiger partial charge in [0.05, 0.1) is 33.5 Å². The number of amides is 1. The molecule has 0 radical (unpaired) electrons. The van der Waals surface area contributed by atoms with Crippen LogP contribution in [0.2, 0.25) is 5.02 Å². The van der Waals surface area contributed by atoms with E-state index in [4.69, 9.17) is 11.6 Å². The Balaban J connectivity index is 1.29. The summed E-state index contributed by atoms with van der Waals surface area (Å²) in [6, 6.07) is 12.5. The van der Waals surface area contributed by atoms with Crippen molar-refractivity contribution in [3.8, 4) is 5.69 Å². The van der Waals surface area contributed by atoms with Crippen LogP contribution in [0.15, 0.2) is 59.7 Å². The van der Waals surface area contributed by atoms with Gasteiger partial charge in [-0.25, -0.2) is 18.6 Å². The molecule has 0 unspecified atom stereocenters. The van der Waals surface area contributed by atoms with E-state index in [1.54, 1.807) is 10.8 Å². The molecule has 0 atom stereocenters. The number of nitrogens with one attached hydrogen (secondary N) is 2. The molecule has 0 bridgehead atoms. The van der Waals surface area contributed by atoms with Crippen LogP contribution >= 0.6 is 11.6 Å². The second kappa shape index (κ2) is 11.5. The smallest absolute Gasteiger partial charge is 0.333 e. The van der Waals surface area contributed by atoms with Crippen LogP contribution in [0.25, 0.3) is 16.7 Å². The lowest BCUT2D eigenvalue weighted by molar-refractivity contribution is 0.0904. The Kier molecular flexibility index (Phi) is 7.92. The van der Waals surface area contributed by atoms with E-state index in [0.717, 1.165) is 42.4 Å². The molecule has 3 aromatic heterocycles. The van der Waals surface area contributed by atoms with Gasteiger partial charge in [0.2, 0.25) is 0 Å². The summed E-state index contributed by atoms with van der Waals surface area (Å²) in [5, 5.41) is 6.15. The first-order chi connectivity index (χ1) is 18.9. The number of hydrogen-bond donors (Lipinski definition) is 2. The topological polar surface area (TPSA) is 93.8 Å². The number of halogens is 3. The molecule has 204 valence electrons. The van der Waals surface area contributed by atoms with E-state index < -0.39 is 18.0 Å². The van der Waals surface area contributed by atoms with Crippen LogP contribution in [0.4, 0.5) is 14.6 Å². The quantitative estimate of drug-likeness (QED) is 0.296. The molecule has 0 spiro atoms. The Morgan fingerprint density at radius 1 is 1.08 bits per heavy atom. The number of carbonyl (C=O) groups is 1. The number of rotatable bonds is 8. The summed E-state index contributed by atoms with van der Waals surface area (Å²) < 4.78 is 30.2. The number of aromatic nitrogens is 4. The zero-order chi connectivity index (χ0) is 27.5. The second-order valence-corrected chi connectivity index (χ2v) is 10.2. The van der Waals surface area contributed by atoms with Gasteiger partial charge in [-0.2, -0.15) is 0 Å².